The Hall–Kier alpha value is -3.62. The molecule has 0 aliphatic rings. The number of nitrogens with one attached hydrogen (secondary N) is 1. The summed E-state index contributed by atoms with van der Waals surface area (Å²) in [7, 11) is 0. The summed E-state index contributed by atoms with van der Waals surface area (Å²) >= 11 is 6.53. The van der Waals surface area contributed by atoms with Crippen molar-refractivity contribution in [1.82, 2.24) is 0 Å². The second-order valence-corrected chi connectivity index (χ2v) is 7.96. The van der Waals surface area contributed by atoms with Crippen molar-refractivity contribution in [3.05, 3.63) is 98.8 Å². The molecule has 0 atom stereocenters. The number of halogens is 2. The average molecular weight is 463 g/mol. The molecule has 33 heavy (non-hydrogen) atoms. The molecule has 0 bridgehead atoms. The van der Waals surface area contributed by atoms with E-state index in [0.717, 1.165) is 11.1 Å². The van der Waals surface area contributed by atoms with Crippen LogP contribution in [-0.2, 0) is 11.2 Å². The molecular formula is C27H24ClFN2O2. The molecule has 0 fully saturated rings. The van der Waals surface area contributed by atoms with Crippen molar-refractivity contribution in [2.75, 3.05) is 11.9 Å². The van der Waals surface area contributed by atoms with E-state index in [4.69, 9.17) is 16.3 Å². The number of hydrogen-bond donors (Lipinski definition) is 1. The monoisotopic (exact) mass is 462 g/mol. The average Bonchev–Trinajstić information content (AvgIpc) is 2.79. The molecule has 4 nitrogen and oxygen atoms in total. The van der Waals surface area contributed by atoms with Crippen LogP contribution in [0.3, 0.4) is 0 Å². The highest BCUT2D eigenvalue weighted by Crippen LogP contribution is 2.32. The van der Waals surface area contributed by atoms with Crippen molar-refractivity contribution in [3.8, 4) is 11.8 Å². The minimum absolute atomic E-state index is 0.0729. The molecule has 0 aliphatic heterocycles. The van der Waals surface area contributed by atoms with E-state index in [1.54, 1.807) is 36.4 Å². The third-order valence-electron chi connectivity index (χ3n) is 5.33. The van der Waals surface area contributed by atoms with Crippen molar-refractivity contribution < 1.29 is 13.9 Å². The molecule has 0 heterocycles. The van der Waals surface area contributed by atoms with E-state index in [1.165, 1.54) is 12.1 Å². The maximum atomic E-state index is 14.2. The highest BCUT2D eigenvalue weighted by molar-refractivity contribution is 6.31. The molecule has 168 valence electrons. The van der Waals surface area contributed by atoms with Gasteiger partial charge in [0, 0.05) is 22.7 Å². The number of anilines is 1. The molecular weight excluding hydrogens is 439 g/mol. The molecule has 3 rings (SSSR count). The number of benzene rings is 3. The van der Waals surface area contributed by atoms with Gasteiger partial charge in [0.15, 0.2) is 0 Å². The van der Waals surface area contributed by atoms with E-state index < -0.39 is 5.91 Å². The summed E-state index contributed by atoms with van der Waals surface area (Å²) in [5.41, 5.74) is 4.21. The first-order valence-corrected chi connectivity index (χ1v) is 10.9. The molecule has 1 amide bonds. The molecule has 0 aliphatic carbocycles. The Bertz CT molecular complexity index is 1260. The van der Waals surface area contributed by atoms with Gasteiger partial charge in [0.1, 0.15) is 23.2 Å². The van der Waals surface area contributed by atoms with E-state index in [1.807, 2.05) is 39.0 Å². The summed E-state index contributed by atoms with van der Waals surface area (Å²) in [6, 6.07) is 17.4. The summed E-state index contributed by atoms with van der Waals surface area (Å²) in [5, 5.41) is 12.8. The van der Waals surface area contributed by atoms with Crippen LogP contribution in [0.2, 0.25) is 5.02 Å². The maximum absolute atomic E-state index is 14.2. The zero-order chi connectivity index (χ0) is 24.0. The molecule has 1 N–H and O–H groups in total. The first-order chi connectivity index (χ1) is 15.8. The Labute approximate surface area is 198 Å². The summed E-state index contributed by atoms with van der Waals surface area (Å²) in [5.74, 6) is -0.364. The quantitative estimate of drug-likeness (QED) is 0.316. The normalized spacial score (nSPS) is 11.1. The Morgan fingerprint density at radius 2 is 1.94 bits per heavy atom. The fraction of sp³-hybridized carbons (Fsp3) is 0.185. The molecule has 0 radical (unpaired) electrons. The van der Waals surface area contributed by atoms with Gasteiger partial charge < -0.3 is 10.1 Å². The Balaban J connectivity index is 1.94. The van der Waals surface area contributed by atoms with Crippen LogP contribution in [-0.4, -0.2) is 12.5 Å². The Kier molecular flexibility index (Phi) is 7.87. The van der Waals surface area contributed by atoms with Gasteiger partial charge in [-0.15, -0.1) is 0 Å². The van der Waals surface area contributed by atoms with Crippen LogP contribution in [0.5, 0.6) is 5.75 Å². The molecule has 0 aromatic heterocycles. The molecule has 0 spiro atoms. The van der Waals surface area contributed by atoms with Gasteiger partial charge in [0.05, 0.1) is 6.61 Å². The lowest BCUT2D eigenvalue weighted by Crippen LogP contribution is -2.14. The standard InChI is InChI=1S/C27H24ClFN2O2/c1-4-33-26-14-19(13-23(28)22(26)15-20-9-5-6-10-24(20)29)12-21(16-30)27(32)31-25-11-7-8-17(2)18(25)3/h5-14H,4,15H2,1-3H3,(H,31,32)/b21-12+. The number of carbonyl (C=O) groups is 1. The van der Waals surface area contributed by atoms with Crippen molar-refractivity contribution in [1.29, 1.82) is 5.26 Å². The van der Waals surface area contributed by atoms with Gasteiger partial charge >= 0.3 is 0 Å². The number of nitriles is 1. The molecule has 0 unspecified atom stereocenters. The number of carbonyl (C=O) groups excluding carboxylic acids is 1. The topological polar surface area (TPSA) is 62.1 Å². The van der Waals surface area contributed by atoms with Gasteiger partial charge in [0.2, 0.25) is 0 Å². The number of amides is 1. The molecule has 0 saturated carbocycles. The number of hydrogen-bond acceptors (Lipinski definition) is 3. The third kappa shape index (κ3) is 5.79. The maximum Gasteiger partial charge on any atom is 0.266 e. The lowest BCUT2D eigenvalue weighted by molar-refractivity contribution is -0.112. The zero-order valence-corrected chi connectivity index (χ0v) is 19.5. The van der Waals surface area contributed by atoms with Crippen LogP contribution < -0.4 is 10.1 Å². The van der Waals surface area contributed by atoms with Gasteiger partial charge in [-0.3, -0.25) is 4.79 Å². The highest BCUT2D eigenvalue weighted by Gasteiger charge is 2.16. The SMILES string of the molecule is CCOc1cc(/C=C(\C#N)C(=O)Nc2cccc(C)c2C)cc(Cl)c1Cc1ccccc1F. The first kappa shape index (κ1) is 24.0. The second-order valence-electron chi connectivity index (χ2n) is 7.55. The minimum atomic E-state index is -0.518. The third-order valence-corrected chi connectivity index (χ3v) is 5.67. The van der Waals surface area contributed by atoms with Crippen molar-refractivity contribution in [2.24, 2.45) is 0 Å². The summed E-state index contributed by atoms with van der Waals surface area (Å²) < 4.78 is 19.9. The van der Waals surface area contributed by atoms with Gasteiger partial charge in [-0.25, -0.2) is 4.39 Å². The molecule has 0 saturated heterocycles. The van der Waals surface area contributed by atoms with E-state index in [-0.39, 0.29) is 17.8 Å². The van der Waals surface area contributed by atoms with Crippen molar-refractivity contribution in [3.63, 3.8) is 0 Å². The van der Waals surface area contributed by atoms with Crippen LogP contribution in [0.4, 0.5) is 10.1 Å². The van der Waals surface area contributed by atoms with Gasteiger partial charge in [0.25, 0.3) is 5.91 Å². The van der Waals surface area contributed by atoms with E-state index in [2.05, 4.69) is 5.32 Å². The van der Waals surface area contributed by atoms with Crippen molar-refractivity contribution in [2.45, 2.75) is 27.2 Å². The number of ether oxygens (including phenoxy) is 1. The molecule has 3 aromatic rings. The summed E-state index contributed by atoms with van der Waals surface area (Å²) in [4.78, 5) is 12.7. The summed E-state index contributed by atoms with van der Waals surface area (Å²) in [6.07, 6.45) is 1.71. The van der Waals surface area contributed by atoms with Crippen LogP contribution in [0.15, 0.2) is 60.2 Å². The predicted octanol–water partition coefficient (Wildman–Crippen LogP) is 6.63. The lowest BCUT2D eigenvalue weighted by Gasteiger charge is -2.14. The van der Waals surface area contributed by atoms with Crippen LogP contribution in [0, 0.1) is 31.0 Å². The first-order valence-electron chi connectivity index (χ1n) is 10.5. The largest absolute Gasteiger partial charge is 0.494 e. The van der Waals surface area contributed by atoms with Crippen molar-refractivity contribution >= 4 is 29.3 Å². The van der Waals surface area contributed by atoms with E-state index in [0.29, 0.717) is 39.8 Å². The molecule has 3 aromatic carbocycles. The lowest BCUT2D eigenvalue weighted by atomic mass is 10.0. The fourth-order valence-electron chi connectivity index (χ4n) is 3.39. The smallest absolute Gasteiger partial charge is 0.266 e. The number of rotatable bonds is 7. The van der Waals surface area contributed by atoms with Gasteiger partial charge in [-0.2, -0.15) is 5.26 Å². The second kappa shape index (κ2) is 10.8. The zero-order valence-electron chi connectivity index (χ0n) is 18.7. The van der Waals surface area contributed by atoms with E-state index >= 15 is 0 Å². The Morgan fingerprint density at radius 1 is 1.18 bits per heavy atom. The van der Waals surface area contributed by atoms with Gasteiger partial charge in [-0.05, 0) is 73.4 Å². The predicted molar refractivity (Wildman–Crippen MR) is 130 cm³/mol. The number of nitrogens with zero attached hydrogens (tertiary/aromatic N) is 1. The summed E-state index contributed by atoms with van der Waals surface area (Å²) in [6.45, 7) is 6.07. The van der Waals surface area contributed by atoms with Gasteiger partial charge in [-0.1, -0.05) is 41.9 Å². The fourth-order valence-corrected chi connectivity index (χ4v) is 3.68. The Morgan fingerprint density at radius 3 is 2.64 bits per heavy atom. The van der Waals surface area contributed by atoms with Crippen LogP contribution in [0.25, 0.3) is 6.08 Å². The minimum Gasteiger partial charge on any atom is -0.494 e. The highest BCUT2D eigenvalue weighted by atomic mass is 35.5. The van der Waals surface area contributed by atoms with Crippen LogP contribution in [0.1, 0.15) is 34.7 Å². The van der Waals surface area contributed by atoms with E-state index in [9.17, 15) is 14.4 Å². The van der Waals surface area contributed by atoms with Crippen LogP contribution >= 0.6 is 11.6 Å². The molecule has 6 heteroatoms. The number of aryl methyl sites for hydroxylation is 1.